The van der Waals surface area contributed by atoms with Gasteiger partial charge in [0.25, 0.3) is 5.56 Å². The lowest BCUT2D eigenvalue weighted by atomic mass is 10.00. The van der Waals surface area contributed by atoms with Gasteiger partial charge in [0.15, 0.2) is 0 Å². The van der Waals surface area contributed by atoms with Crippen molar-refractivity contribution in [1.29, 1.82) is 0 Å². The first-order valence-corrected chi connectivity index (χ1v) is 12.1. The van der Waals surface area contributed by atoms with Crippen molar-refractivity contribution in [2.24, 2.45) is 7.05 Å². The fraction of sp³-hybridized carbons (Fsp3) is 0.462. The molecule has 7 heteroatoms. The molecule has 2 bridgehead atoms. The summed E-state index contributed by atoms with van der Waals surface area (Å²) in [4.78, 5) is 24.9. The largest absolute Gasteiger partial charge is 0.367 e. The summed E-state index contributed by atoms with van der Waals surface area (Å²) in [6.07, 6.45) is 3.04. The predicted molar refractivity (Wildman–Crippen MR) is 131 cm³/mol. The van der Waals surface area contributed by atoms with Crippen molar-refractivity contribution in [3.63, 3.8) is 0 Å². The molecule has 7 rings (SSSR count). The van der Waals surface area contributed by atoms with Crippen LogP contribution in [0.5, 0.6) is 0 Å². The van der Waals surface area contributed by atoms with Crippen molar-refractivity contribution in [3.8, 4) is 0 Å². The number of benzene rings is 1. The fourth-order valence-corrected chi connectivity index (χ4v) is 6.69. The third-order valence-electron chi connectivity index (χ3n) is 8.38. The van der Waals surface area contributed by atoms with Crippen LogP contribution < -0.4 is 20.7 Å². The second-order valence-electron chi connectivity index (χ2n) is 10.3. The minimum absolute atomic E-state index is 0.00264. The van der Waals surface area contributed by atoms with E-state index in [1.807, 2.05) is 6.07 Å². The van der Waals surface area contributed by atoms with Gasteiger partial charge >= 0.3 is 0 Å². The SMILES string of the molecule is C[C@@H]1CN(c2cc(=O)n(C)c3ncccc23)C[C@@H]2c3ccc(N4C[C@H]5C[C@@H]4CN5)cc3CN12. The molecule has 0 aliphatic carbocycles. The summed E-state index contributed by atoms with van der Waals surface area (Å²) in [5.74, 6) is 0. The number of nitrogens with one attached hydrogen (secondary N) is 1. The molecule has 0 unspecified atom stereocenters. The van der Waals surface area contributed by atoms with Crippen LogP contribution in [0.15, 0.2) is 47.4 Å². The summed E-state index contributed by atoms with van der Waals surface area (Å²) in [7, 11) is 1.80. The van der Waals surface area contributed by atoms with Crippen molar-refractivity contribution < 1.29 is 0 Å². The van der Waals surface area contributed by atoms with Crippen LogP contribution in [0.25, 0.3) is 11.0 Å². The summed E-state index contributed by atoms with van der Waals surface area (Å²) in [6.45, 7) is 7.38. The number of aryl methyl sites for hydroxylation is 1. The Kier molecular flexibility index (Phi) is 4.18. The van der Waals surface area contributed by atoms with Gasteiger partial charge < -0.3 is 15.1 Å². The maximum Gasteiger partial charge on any atom is 0.253 e. The molecule has 0 amide bonds. The smallest absolute Gasteiger partial charge is 0.253 e. The number of aromatic nitrogens is 2. The Bertz CT molecular complexity index is 1320. The van der Waals surface area contributed by atoms with Gasteiger partial charge in [0.2, 0.25) is 0 Å². The summed E-state index contributed by atoms with van der Waals surface area (Å²) >= 11 is 0. The van der Waals surface area contributed by atoms with Gasteiger partial charge in [0.1, 0.15) is 5.65 Å². The van der Waals surface area contributed by atoms with Crippen molar-refractivity contribution in [3.05, 3.63) is 64.1 Å². The quantitative estimate of drug-likeness (QED) is 0.657. The number of hydrogen-bond acceptors (Lipinski definition) is 6. The highest BCUT2D eigenvalue weighted by Gasteiger charge is 2.41. The molecule has 33 heavy (non-hydrogen) atoms. The first-order valence-electron chi connectivity index (χ1n) is 12.1. The van der Waals surface area contributed by atoms with E-state index in [9.17, 15) is 4.79 Å². The van der Waals surface area contributed by atoms with E-state index in [0.717, 1.165) is 49.4 Å². The first kappa shape index (κ1) is 19.6. The van der Waals surface area contributed by atoms with Crippen molar-refractivity contribution in [1.82, 2.24) is 19.8 Å². The lowest BCUT2D eigenvalue weighted by Crippen LogP contribution is -2.51. The molecule has 7 nitrogen and oxygen atoms in total. The zero-order valence-corrected chi connectivity index (χ0v) is 19.2. The van der Waals surface area contributed by atoms with Crippen LogP contribution in [-0.4, -0.2) is 58.8 Å². The molecule has 0 saturated carbocycles. The summed E-state index contributed by atoms with van der Waals surface area (Å²) in [5, 5.41) is 4.66. The van der Waals surface area contributed by atoms with Gasteiger partial charge in [-0.15, -0.1) is 0 Å². The van der Waals surface area contributed by atoms with Crippen LogP contribution in [0.4, 0.5) is 11.4 Å². The summed E-state index contributed by atoms with van der Waals surface area (Å²) < 4.78 is 1.64. The molecule has 3 saturated heterocycles. The van der Waals surface area contributed by atoms with Gasteiger partial charge in [0, 0.05) is 81.2 Å². The number of anilines is 2. The van der Waals surface area contributed by atoms with Gasteiger partial charge in [-0.1, -0.05) is 6.07 Å². The van der Waals surface area contributed by atoms with Gasteiger partial charge in [-0.05, 0) is 48.7 Å². The molecule has 1 aromatic carbocycles. The van der Waals surface area contributed by atoms with Gasteiger partial charge in [-0.2, -0.15) is 0 Å². The average Bonchev–Trinajstić information content (AvgIpc) is 3.55. The molecule has 4 aliphatic rings. The van der Waals surface area contributed by atoms with E-state index in [2.05, 4.69) is 56.2 Å². The number of nitrogens with zero attached hydrogens (tertiary/aromatic N) is 5. The maximum absolute atomic E-state index is 12.7. The van der Waals surface area contributed by atoms with E-state index in [1.165, 1.54) is 23.2 Å². The normalized spacial score (nSPS) is 28.5. The van der Waals surface area contributed by atoms with Crippen LogP contribution in [0.2, 0.25) is 0 Å². The van der Waals surface area contributed by atoms with Crippen LogP contribution in [0.1, 0.15) is 30.5 Å². The standard InChI is InChI=1S/C26H30N6O/c1-16-12-30(23-10-25(33)29(2)26-22(23)4-3-7-27-26)15-24-21-6-5-19(8-17(21)13-31(16)24)32-14-18-9-20(32)11-28-18/h3-8,10,16,18,20,24,28H,9,11-15H2,1-2H3/t16-,18-,20-,24-/m1/s1. The Morgan fingerprint density at radius 3 is 2.85 bits per heavy atom. The van der Waals surface area contributed by atoms with Crippen LogP contribution >= 0.6 is 0 Å². The lowest BCUT2D eigenvalue weighted by Gasteiger charge is -2.43. The van der Waals surface area contributed by atoms with Crippen LogP contribution in [-0.2, 0) is 13.6 Å². The van der Waals surface area contributed by atoms with E-state index < -0.39 is 0 Å². The molecule has 0 radical (unpaired) electrons. The van der Waals surface area contributed by atoms with E-state index in [4.69, 9.17) is 0 Å². The zero-order chi connectivity index (χ0) is 22.3. The van der Waals surface area contributed by atoms with E-state index in [-0.39, 0.29) is 5.56 Å². The van der Waals surface area contributed by atoms with Crippen LogP contribution in [0.3, 0.4) is 0 Å². The molecule has 0 spiro atoms. The molecule has 6 heterocycles. The third kappa shape index (κ3) is 2.88. The second kappa shape index (κ2) is 7.05. The Morgan fingerprint density at radius 1 is 1.12 bits per heavy atom. The molecule has 3 fully saturated rings. The monoisotopic (exact) mass is 442 g/mol. The molecule has 4 atom stereocenters. The predicted octanol–water partition coefficient (Wildman–Crippen LogP) is 2.25. The Hall–Kier alpha value is -2.90. The third-order valence-corrected chi connectivity index (χ3v) is 8.38. The molecular weight excluding hydrogens is 412 g/mol. The second-order valence-corrected chi connectivity index (χ2v) is 10.3. The minimum Gasteiger partial charge on any atom is -0.367 e. The molecule has 3 aromatic rings. The summed E-state index contributed by atoms with van der Waals surface area (Å²) in [5.41, 5.74) is 6.06. The van der Waals surface area contributed by atoms with E-state index in [1.54, 1.807) is 23.9 Å². The van der Waals surface area contributed by atoms with Crippen molar-refractivity contribution >= 4 is 22.4 Å². The molecule has 2 aromatic heterocycles. The number of rotatable bonds is 2. The number of pyridine rings is 2. The van der Waals surface area contributed by atoms with Crippen molar-refractivity contribution in [2.45, 2.75) is 44.1 Å². The highest BCUT2D eigenvalue weighted by atomic mass is 16.1. The summed E-state index contributed by atoms with van der Waals surface area (Å²) in [6, 6.07) is 15.1. The first-order chi connectivity index (χ1) is 16.1. The topological polar surface area (TPSA) is 56.6 Å². The number of piperazine rings is 2. The fourth-order valence-electron chi connectivity index (χ4n) is 6.69. The van der Waals surface area contributed by atoms with Gasteiger partial charge in [-0.3, -0.25) is 14.3 Å². The van der Waals surface area contributed by atoms with Crippen molar-refractivity contribution in [2.75, 3.05) is 36.0 Å². The van der Waals surface area contributed by atoms with Gasteiger partial charge in [0.05, 0.1) is 11.7 Å². The number of fused-ring (bicyclic) bond motifs is 6. The van der Waals surface area contributed by atoms with E-state index in [0.29, 0.717) is 24.2 Å². The Balaban J connectivity index is 1.23. The van der Waals surface area contributed by atoms with E-state index >= 15 is 0 Å². The Labute approximate surface area is 193 Å². The molecular formula is C26H30N6O. The highest BCUT2D eigenvalue weighted by molar-refractivity contribution is 5.89. The van der Waals surface area contributed by atoms with Gasteiger partial charge in [-0.25, -0.2) is 4.98 Å². The Morgan fingerprint density at radius 2 is 2.03 bits per heavy atom. The van der Waals surface area contributed by atoms with Crippen LogP contribution in [0, 0.1) is 0 Å². The number of hydrogen-bond donors (Lipinski definition) is 1. The average molecular weight is 443 g/mol. The maximum atomic E-state index is 12.7. The molecule has 170 valence electrons. The minimum atomic E-state index is -0.00264. The molecule has 1 N–H and O–H groups in total. The highest BCUT2D eigenvalue weighted by Crippen LogP contribution is 2.42. The lowest BCUT2D eigenvalue weighted by molar-refractivity contribution is 0.134. The molecule has 4 aliphatic heterocycles. The zero-order valence-electron chi connectivity index (χ0n) is 19.2.